The van der Waals surface area contributed by atoms with E-state index in [9.17, 15) is 19.7 Å². The van der Waals surface area contributed by atoms with Gasteiger partial charge in [0.1, 0.15) is 0 Å². The first-order valence-electron chi connectivity index (χ1n) is 8.15. The number of likely N-dealkylation sites (tertiary alicyclic amines) is 1. The highest BCUT2D eigenvalue weighted by Gasteiger charge is 2.25. The highest BCUT2D eigenvalue weighted by molar-refractivity contribution is 5.93. The molecule has 7 nitrogen and oxygen atoms in total. The topological polar surface area (TPSA) is 89.8 Å². The number of carbonyl (C=O) groups excluding carboxylic acids is 2. The number of benzene rings is 1. The van der Waals surface area contributed by atoms with Gasteiger partial charge in [-0.05, 0) is 32.8 Å². The largest absolute Gasteiger partial charge is 0.449 e. The molecule has 24 heavy (non-hydrogen) atoms. The number of aryl methyl sites for hydroxylation is 1. The van der Waals surface area contributed by atoms with Crippen LogP contribution in [0, 0.1) is 17.0 Å². The Kier molecular flexibility index (Phi) is 5.89. The van der Waals surface area contributed by atoms with Crippen molar-refractivity contribution in [2.75, 3.05) is 13.1 Å². The van der Waals surface area contributed by atoms with Crippen molar-refractivity contribution in [1.82, 2.24) is 4.90 Å². The summed E-state index contributed by atoms with van der Waals surface area (Å²) in [5, 5.41) is 11.0. The summed E-state index contributed by atoms with van der Waals surface area (Å²) in [4.78, 5) is 36.7. The molecule has 1 aliphatic rings. The lowest BCUT2D eigenvalue weighted by molar-refractivity contribution is -0.385. The molecule has 0 unspecified atom stereocenters. The van der Waals surface area contributed by atoms with E-state index in [-0.39, 0.29) is 17.2 Å². The van der Waals surface area contributed by atoms with Gasteiger partial charge in [-0.1, -0.05) is 18.9 Å². The Morgan fingerprint density at radius 3 is 2.42 bits per heavy atom. The maximum atomic E-state index is 12.4. The summed E-state index contributed by atoms with van der Waals surface area (Å²) in [6.45, 7) is 4.49. The Balaban J connectivity index is 2.04. The van der Waals surface area contributed by atoms with Crippen molar-refractivity contribution >= 4 is 17.6 Å². The fraction of sp³-hybridized carbons (Fsp3) is 0.529. The maximum Gasteiger partial charge on any atom is 0.339 e. The first kappa shape index (κ1) is 17.9. The van der Waals surface area contributed by atoms with Crippen LogP contribution in [0.1, 0.15) is 48.5 Å². The van der Waals surface area contributed by atoms with Gasteiger partial charge in [0.2, 0.25) is 0 Å². The van der Waals surface area contributed by atoms with Crippen molar-refractivity contribution < 1.29 is 19.2 Å². The third kappa shape index (κ3) is 4.31. The molecule has 1 aliphatic heterocycles. The number of hydrogen-bond donors (Lipinski definition) is 0. The molecule has 130 valence electrons. The van der Waals surface area contributed by atoms with Gasteiger partial charge in [-0.3, -0.25) is 14.9 Å². The normalized spacial score (nSPS) is 16.2. The van der Waals surface area contributed by atoms with Crippen LogP contribution in [-0.2, 0) is 9.53 Å². The lowest BCUT2D eigenvalue weighted by Crippen LogP contribution is -2.40. The molecule has 0 radical (unpaired) electrons. The quantitative estimate of drug-likeness (QED) is 0.480. The summed E-state index contributed by atoms with van der Waals surface area (Å²) in [7, 11) is 0. The van der Waals surface area contributed by atoms with Crippen molar-refractivity contribution in [3.63, 3.8) is 0 Å². The van der Waals surface area contributed by atoms with Crippen LogP contribution in [0.25, 0.3) is 0 Å². The number of ether oxygens (including phenoxy) is 1. The molecule has 1 aromatic rings. The number of nitro groups is 1. The van der Waals surface area contributed by atoms with Crippen molar-refractivity contribution in [3.05, 3.63) is 39.4 Å². The fourth-order valence-electron chi connectivity index (χ4n) is 2.76. The van der Waals surface area contributed by atoms with Crippen LogP contribution in [-0.4, -0.2) is 40.9 Å². The number of nitrogens with zero attached hydrogens (tertiary/aromatic N) is 2. The Bertz CT molecular complexity index is 636. The molecule has 0 bridgehead atoms. The van der Waals surface area contributed by atoms with Crippen LogP contribution in [0.4, 0.5) is 5.69 Å². The van der Waals surface area contributed by atoms with E-state index < -0.39 is 17.0 Å². The van der Waals surface area contributed by atoms with Gasteiger partial charge in [-0.2, -0.15) is 0 Å². The molecule has 1 heterocycles. The summed E-state index contributed by atoms with van der Waals surface area (Å²) in [5.41, 5.74) is 0.393. The zero-order chi connectivity index (χ0) is 17.7. The van der Waals surface area contributed by atoms with E-state index in [1.54, 1.807) is 11.8 Å². The molecule has 0 aliphatic carbocycles. The fourth-order valence-corrected chi connectivity index (χ4v) is 2.76. The van der Waals surface area contributed by atoms with Crippen LogP contribution in [0.15, 0.2) is 18.2 Å². The molecule has 1 aromatic carbocycles. The number of rotatable bonds is 4. The minimum absolute atomic E-state index is 0.0721. The number of amides is 1. The van der Waals surface area contributed by atoms with Gasteiger partial charge in [0.05, 0.1) is 10.5 Å². The lowest BCUT2D eigenvalue weighted by Gasteiger charge is -2.24. The minimum atomic E-state index is -0.907. The third-order valence-corrected chi connectivity index (χ3v) is 4.19. The lowest BCUT2D eigenvalue weighted by atomic mass is 10.1. The molecule has 0 saturated carbocycles. The van der Waals surface area contributed by atoms with Crippen LogP contribution >= 0.6 is 0 Å². The molecule has 0 spiro atoms. The summed E-state index contributed by atoms with van der Waals surface area (Å²) >= 11 is 0. The van der Waals surface area contributed by atoms with Gasteiger partial charge in [0.15, 0.2) is 6.10 Å². The van der Waals surface area contributed by atoms with Crippen LogP contribution < -0.4 is 0 Å². The Labute approximate surface area is 140 Å². The van der Waals surface area contributed by atoms with E-state index in [1.165, 1.54) is 25.1 Å². The average Bonchev–Trinajstić information content (AvgIpc) is 2.83. The van der Waals surface area contributed by atoms with Gasteiger partial charge in [-0.25, -0.2) is 4.79 Å². The summed E-state index contributed by atoms with van der Waals surface area (Å²) < 4.78 is 5.21. The smallest absolute Gasteiger partial charge is 0.339 e. The van der Waals surface area contributed by atoms with Crippen molar-refractivity contribution in [2.45, 2.75) is 45.6 Å². The molecule has 2 rings (SSSR count). The molecule has 0 aromatic heterocycles. The van der Waals surface area contributed by atoms with Crippen molar-refractivity contribution in [1.29, 1.82) is 0 Å². The SMILES string of the molecule is Cc1ccc(C(=O)O[C@@H](C)C(=O)N2CCCCCC2)cc1[N+](=O)[O-]. The van der Waals surface area contributed by atoms with Crippen molar-refractivity contribution in [3.8, 4) is 0 Å². The highest BCUT2D eigenvalue weighted by atomic mass is 16.6. The second-order valence-corrected chi connectivity index (χ2v) is 6.05. The Hall–Kier alpha value is -2.44. The first-order valence-corrected chi connectivity index (χ1v) is 8.15. The molecule has 1 amide bonds. The van der Waals surface area contributed by atoms with Crippen LogP contribution in [0.2, 0.25) is 0 Å². The molecule has 1 atom stereocenters. The average molecular weight is 334 g/mol. The maximum absolute atomic E-state index is 12.4. The third-order valence-electron chi connectivity index (χ3n) is 4.19. The summed E-state index contributed by atoms with van der Waals surface area (Å²) in [5.74, 6) is -0.944. The van der Waals surface area contributed by atoms with E-state index in [0.29, 0.717) is 18.7 Å². The van der Waals surface area contributed by atoms with Gasteiger partial charge < -0.3 is 9.64 Å². The molecular formula is C17H22N2O5. The van der Waals surface area contributed by atoms with Crippen molar-refractivity contribution in [2.24, 2.45) is 0 Å². The highest BCUT2D eigenvalue weighted by Crippen LogP contribution is 2.20. The minimum Gasteiger partial charge on any atom is -0.449 e. The number of hydrogen-bond acceptors (Lipinski definition) is 5. The Morgan fingerprint density at radius 1 is 1.21 bits per heavy atom. The molecule has 1 saturated heterocycles. The van der Waals surface area contributed by atoms with E-state index in [0.717, 1.165) is 25.7 Å². The Morgan fingerprint density at radius 2 is 1.83 bits per heavy atom. The predicted octanol–water partition coefficient (Wildman–Crippen LogP) is 2.85. The second kappa shape index (κ2) is 7.90. The number of nitro benzene ring substituents is 1. The van der Waals surface area contributed by atoms with Gasteiger partial charge in [0, 0.05) is 24.7 Å². The monoisotopic (exact) mass is 334 g/mol. The van der Waals surface area contributed by atoms with E-state index in [1.807, 2.05) is 0 Å². The molecule has 7 heteroatoms. The van der Waals surface area contributed by atoms with Gasteiger partial charge in [-0.15, -0.1) is 0 Å². The molecule has 1 fully saturated rings. The van der Waals surface area contributed by atoms with Gasteiger partial charge >= 0.3 is 5.97 Å². The summed E-state index contributed by atoms with van der Waals surface area (Å²) in [6, 6.07) is 4.14. The standard InChI is InChI=1S/C17H22N2O5/c1-12-7-8-14(11-15(12)19(22)23)17(21)24-13(2)16(20)18-9-5-3-4-6-10-18/h7-8,11,13H,3-6,9-10H2,1-2H3/t13-/m0/s1. The van der Waals surface area contributed by atoms with Gasteiger partial charge in [0.25, 0.3) is 11.6 Å². The van der Waals surface area contributed by atoms with Crippen LogP contribution in [0.3, 0.4) is 0 Å². The zero-order valence-electron chi connectivity index (χ0n) is 14.0. The zero-order valence-corrected chi connectivity index (χ0v) is 14.0. The van der Waals surface area contributed by atoms with E-state index in [4.69, 9.17) is 4.74 Å². The first-order chi connectivity index (χ1) is 11.4. The summed E-state index contributed by atoms with van der Waals surface area (Å²) in [6.07, 6.45) is 3.21. The second-order valence-electron chi connectivity index (χ2n) is 6.05. The number of carbonyl (C=O) groups is 2. The predicted molar refractivity (Wildman–Crippen MR) is 87.8 cm³/mol. The van der Waals surface area contributed by atoms with E-state index >= 15 is 0 Å². The molecular weight excluding hydrogens is 312 g/mol. The number of esters is 1. The van der Waals surface area contributed by atoms with E-state index in [2.05, 4.69) is 0 Å². The molecule has 0 N–H and O–H groups in total. The van der Waals surface area contributed by atoms with Crippen LogP contribution in [0.5, 0.6) is 0 Å².